The predicted molar refractivity (Wildman–Crippen MR) is 99.4 cm³/mol. The van der Waals surface area contributed by atoms with Crippen LogP contribution in [-0.4, -0.2) is 37.8 Å². The number of benzene rings is 1. The van der Waals surface area contributed by atoms with Crippen molar-refractivity contribution >= 4 is 5.91 Å². The standard InChI is InChI=1S/C20H23N5O/c1-13-17(14(2)25(23-13)16-7-5-4-6-8-16)12-24(3)20(26)19-11-18(21-22-19)15-9-10-15/h4-8,11,15H,9-10,12H2,1-3H3,(H,21,22). The van der Waals surface area contributed by atoms with Gasteiger partial charge in [-0.1, -0.05) is 18.2 Å². The monoisotopic (exact) mass is 349 g/mol. The molecule has 4 rings (SSSR count). The summed E-state index contributed by atoms with van der Waals surface area (Å²) < 4.78 is 1.93. The van der Waals surface area contributed by atoms with E-state index in [0.717, 1.165) is 28.3 Å². The molecular formula is C20H23N5O. The number of hydrogen-bond donors (Lipinski definition) is 1. The van der Waals surface area contributed by atoms with Gasteiger partial charge in [0.15, 0.2) is 0 Å². The second-order valence-corrected chi connectivity index (χ2v) is 7.04. The highest BCUT2D eigenvalue weighted by atomic mass is 16.2. The minimum atomic E-state index is -0.0700. The Bertz CT molecular complexity index is 937. The summed E-state index contributed by atoms with van der Waals surface area (Å²) in [5.74, 6) is 0.488. The molecular weight excluding hydrogens is 326 g/mol. The maximum Gasteiger partial charge on any atom is 0.274 e. The third-order valence-electron chi connectivity index (χ3n) is 5.02. The summed E-state index contributed by atoms with van der Waals surface area (Å²) in [4.78, 5) is 14.4. The number of nitrogens with one attached hydrogen (secondary N) is 1. The van der Waals surface area contributed by atoms with Crippen LogP contribution in [-0.2, 0) is 6.54 Å². The van der Waals surface area contributed by atoms with Gasteiger partial charge < -0.3 is 4.90 Å². The van der Waals surface area contributed by atoms with Crippen LogP contribution in [0.15, 0.2) is 36.4 Å². The summed E-state index contributed by atoms with van der Waals surface area (Å²) in [6.07, 6.45) is 2.37. The quantitative estimate of drug-likeness (QED) is 0.768. The van der Waals surface area contributed by atoms with Crippen LogP contribution in [0.1, 0.15) is 51.9 Å². The van der Waals surface area contributed by atoms with E-state index in [0.29, 0.717) is 18.2 Å². The van der Waals surface area contributed by atoms with Crippen molar-refractivity contribution in [1.82, 2.24) is 24.9 Å². The van der Waals surface area contributed by atoms with Crippen LogP contribution in [0.2, 0.25) is 0 Å². The van der Waals surface area contributed by atoms with Gasteiger partial charge in [-0.2, -0.15) is 10.2 Å². The summed E-state index contributed by atoms with van der Waals surface area (Å²) in [6.45, 7) is 4.54. The smallest absolute Gasteiger partial charge is 0.274 e. The van der Waals surface area contributed by atoms with E-state index in [2.05, 4.69) is 15.3 Å². The lowest BCUT2D eigenvalue weighted by molar-refractivity contribution is 0.0779. The van der Waals surface area contributed by atoms with Crippen molar-refractivity contribution in [1.29, 1.82) is 0 Å². The van der Waals surface area contributed by atoms with E-state index < -0.39 is 0 Å². The van der Waals surface area contributed by atoms with E-state index in [4.69, 9.17) is 0 Å². The van der Waals surface area contributed by atoms with Crippen molar-refractivity contribution in [2.24, 2.45) is 0 Å². The molecule has 6 nitrogen and oxygen atoms in total. The first-order valence-corrected chi connectivity index (χ1v) is 8.96. The Morgan fingerprint density at radius 2 is 2.00 bits per heavy atom. The summed E-state index contributed by atoms with van der Waals surface area (Å²) in [6, 6.07) is 11.9. The number of rotatable bonds is 5. The largest absolute Gasteiger partial charge is 0.336 e. The van der Waals surface area contributed by atoms with Gasteiger partial charge >= 0.3 is 0 Å². The van der Waals surface area contributed by atoms with Crippen molar-refractivity contribution in [2.45, 2.75) is 39.2 Å². The molecule has 1 amide bonds. The van der Waals surface area contributed by atoms with E-state index >= 15 is 0 Å². The molecule has 2 aromatic heterocycles. The molecule has 26 heavy (non-hydrogen) atoms. The van der Waals surface area contributed by atoms with Gasteiger partial charge in [-0.15, -0.1) is 0 Å². The predicted octanol–water partition coefficient (Wildman–Crippen LogP) is 3.36. The van der Waals surface area contributed by atoms with E-state index in [9.17, 15) is 4.79 Å². The molecule has 1 aromatic carbocycles. The van der Waals surface area contributed by atoms with Gasteiger partial charge in [0.2, 0.25) is 0 Å². The molecule has 1 saturated carbocycles. The number of amides is 1. The average Bonchev–Trinajstić information content (AvgIpc) is 3.33. The Morgan fingerprint density at radius 1 is 1.27 bits per heavy atom. The molecule has 6 heteroatoms. The molecule has 1 aliphatic carbocycles. The first kappa shape index (κ1) is 16.6. The molecule has 2 heterocycles. The average molecular weight is 349 g/mol. The topological polar surface area (TPSA) is 66.8 Å². The number of hydrogen-bond acceptors (Lipinski definition) is 3. The lowest BCUT2D eigenvalue weighted by Gasteiger charge is -2.16. The van der Waals surface area contributed by atoms with Crippen LogP contribution < -0.4 is 0 Å². The molecule has 0 aliphatic heterocycles. The summed E-state index contributed by atoms with van der Waals surface area (Å²) in [7, 11) is 1.81. The highest BCUT2D eigenvalue weighted by Gasteiger charge is 2.27. The van der Waals surface area contributed by atoms with Crippen molar-refractivity contribution in [3.63, 3.8) is 0 Å². The Kier molecular flexibility index (Phi) is 4.11. The van der Waals surface area contributed by atoms with Crippen LogP contribution in [0, 0.1) is 13.8 Å². The van der Waals surface area contributed by atoms with Crippen molar-refractivity contribution < 1.29 is 4.79 Å². The fraction of sp³-hybridized carbons (Fsp3) is 0.350. The second-order valence-electron chi connectivity index (χ2n) is 7.04. The first-order chi connectivity index (χ1) is 12.5. The molecule has 0 radical (unpaired) electrons. The van der Waals surface area contributed by atoms with Crippen LogP contribution in [0.3, 0.4) is 0 Å². The molecule has 0 saturated heterocycles. The first-order valence-electron chi connectivity index (χ1n) is 8.96. The van der Waals surface area contributed by atoms with Gasteiger partial charge in [0.25, 0.3) is 5.91 Å². The highest BCUT2D eigenvalue weighted by molar-refractivity contribution is 5.92. The van der Waals surface area contributed by atoms with E-state index in [1.807, 2.05) is 62.0 Å². The van der Waals surface area contributed by atoms with Crippen LogP contribution in [0.5, 0.6) is 0 Å². The molecule has 3 aromatic rings. The van der Waals surface area contributed by atoms with E-state index in [1.54, 1.807) is 4.90 Å². The zero-order valence-corrected chi connectivity index (χ0v) is 15.4. The molecule has 0 spiro atoms. The number of carbonyl (C=O) groups excluding carboxylic acids is 1. The van der Waals surface area contributed by atoms with E-state index in [1.165, 1.54) is 12.8 Å². The number of aromatic amines is 1. The highest BCUT2D eigenvalue weighted by Crippen LogP contribution is 2.39. The van der Waals surface area contributed by atoms with Crippen LogP contribution in [0.4, 0.5) is 0 Å². The van der Waals surface area contributed by atoms with Gasteiger partial charge in [-0.3, -0.25) is 9.89 Å². The minimum Gasteiger partial charge on any atom is -0.336 e. The number of aryl methyl sites for hydroxylation is 1. The molecule has 1 N–H and O–H groups in total. The number of H-pyrrole nitrogens is 1. The minimum absolute atomic E-state index is 0.0700. The fourth-order valence-electron chi connectivity index (χ4n) is 3.28. The van der Waals surface area contributed by atoms with Gasteiger partial charge in [0.1, 0.15) is 5.69 Å². The Hall–Kier alpha value is -2.89. The van der Waals surface area contributed by atoms with Gasteiger partial charge in [-0.25, -0.2) is 4.68 Å². The second kappa shape index (κ2) is 6.44. The Labute approximate surface area is 152 Å². The number of para-hydroxylation sites is 1. The van der Waals surface area contributed by atoms with Gasteiger partial charge in [0.05, 0.1) is 11.4 Å². The lowest BCUT2D eigenvalue weighted by atomic mass is 10.1. The van der Waals surface area contributed by atoms with Crippen LogP contribution in [0.25, 0.3) is 5.69 Å². The summed E-state index contributed by atoms with van der Waals surface area (Å²) >= 11 is 0. The summed E-state index contributed by atoms with van der Waals surface area (Å²) in [5.41, 5.74) is 5.64. The number of aromatic nitrogens is 4. The zero-order valence-electron chi connectivity index (χ0n) is 15.4. The zero-order chi connectivity index (χ0) is 18.3. The maximum absolute atomic E-state index is 12.7. The number of nitrogens with zero attached hydrogens (tertiary/aromatic N) is 4. The molecule has 1 fully saturated rings. The Morgan fingerprint density at radius 3 is 2.69 bits per heavy atom. The van der Waals surface area contributed by atoms with Gasteiger partial charge in [-0.05, 0) is 44.9 Å². The number of carbonyl (C=O) groups is 1. The van der Waals surface area contributed by atoms with Gasteiger partial charge in [0, 0.05) is 36.5 Å². The summed E-state index contributed by atoms with van der Waals surface area (Å²) in [5, 5.41) is 11.9. The van der Waals surface area contributed by atoms with Crippen molar-refractivity contribution in [3.8, 4) is 5.69 Å². The van der Waals surface area contributed by atoms with E-state index in [-0.39, 0.29) is 5.91 Å². The molecule has 134 valence electrons. The molecule has 0 bridgehead atoms. The third kappa shape index (κ3) is 3.03. The lowest BCUT2D eigenvalue weighted by Crippen LogP contribution is -2.27. The van der Waals surface area contributed by atoms with Crippen LogP contribution >= 0.6 is 0 Å². The molecule has 1 aliphatic rings. The molecule has 0 atom stereocenters. The van der Waals surface area contributed by atoms with Crippen molar-refractivity contribution in [2.75, 3.05) is 7.05 Å². The normalized spacial score (nSPS) is 13.8. The molecule has 0 unspecified atom stereocenters. The Balaban J connectivity index is 1.54. The maximum atomic E-state index is 12.7. The van der Waals surface area contributed by atoms with Crippen molar-refractivity contribution in [3.05, 3.63) is 64.7 Å². The SMILES string of the molecule is Cc1nn(-c2ccccc2)c(C)c1CN(C)C(=O)c1cc(C2CC2)[nH]n1. The fourth-order valence-corrected chi connectivity index (χ4v) is 3.28. The third-order valence-corrected chi connectivity index (χ3v) is 5.02.